The Hall–Kier alpha value is -1.35. The number of carbonyl (C=O) groups excluding carboxylic acids is 1. The smallest absolute Gasteiger partial charge is 0.237 e. The summed E-state index contributed by atoms with van der Waals surface area (Å²) in [6, 6.07) is 8.04. The molecule has 0 fully saturated rings. The van der Waals surface area contributed by atoms with Gasteiger partial charge < -0.3 is 11.1 Å². The average molecular weight is 262 g/mol. The van der Waals surface area contributed by atoms with Crippen molar-refractivity contribution < 1.29 is 4.79 Å². The quantitative estimate of drug-likeness (QED) is 0.828. The van der Waals surface area contributed by atoms with Crippen molar-refractivity contribution >= 4 is 5.91 Å². The van der Waals surface area contributed by atoms with Gasteiger partial charge in [0.2, 0.25) is 5.91 Å². The summed E-state index contributed by atoms with van der Waals surface area (Å²) < 4.78 is 0. The highest BCUT2D eigenvalue weighted by Crippen LogP contribution is 2.22. The van der Waals surface area contributed by atoms with Crippen molar-refractivity contribution in [3.63, 3.8) is 0 Å². The Morgan fingerprint density at radius 3 is 2.21 bits per heavy atom. The van der Waals surface area contributed by atoms with Gasteiger partial charge in [0.05, 0.1) is 12.1 Å². The van der Waals surface area contributed by atoms with Gasteiger partial charge in [-0.2, -0.15) is 0 Å². The Bertz CT molecular complexity index is 398. The Morgan fingerprint density at radius 1 is 1.21 bits per heavy atom. The van der Waals surface area contributed by atoms with E-state index in [4.69, 9.17) is 5.73 Å². The lowest BCUT2D eigenvalue weighted by atomic mass is 9.94. The number of benzene rings is 1. The zero-order valence-electron chi connectivity index (χ0n) is 12.4. The summed E-state index contributed by atoms with van der Waals surface area (Å²) in [6.45, 7) is 8.27. The summed E-state index contributed by atoms with van der Waals surface area (Å²) >= 11 is 0. The van der Waals surface area contributed by atoms with Crippen LogP contribution in [0.5, 0.6) is 0 Å². The van der Waals surface area contributed by atoms with Crippen LogP contribution in [-0.4, -0.2) is 11.9 Å². The number of rotatable bonds is 6. The molecule has 0 aliphatic rings. The molecule has 2 atom stereocenters. The van der Waals surface area contributed by atoms with Gasteiger partial charge in [-0.15, -0.1) is 0 Å². The summed E-state index contributed by atoms with van der Waals surface area (Å²) in [5, 5.41) is 3.06. The molecular formula is C16H26N2O. The van der Waals surface area contributed by atoms with Crippen LogP contribution in [0.2, 0.25) is 0 Å². The van der Waals surface area contributed by atoms with Crippen LogP contribution in [0.4, 0.5) is 0 Å². The monoisotopic (exact) mass is 262 g/mol. The van der Waals surface area contributed by atoms with Gasteiger partial charge in [-0.05, 0) is 29.9 Å². The molecule has 0 aliphatic heterocycles. The van der Waals surface area contributed by atoms with E-state index in [-0.39, 0.29) is 11.9 Å². The maximum absolute atomic E-state index is 11.9. The van der Waals surface area contributed by atoms with Gasteiger partial charge in [0.1, 0.15) is 0 Å². The predicted octanol–water partition coefficient (Wildman–Crippen LogP) is 2.80. The summed E-state index contributed by atoms with van der Waals surface area (Å²) in [6.07, 6.45) is 1.69. The summed E-state index contributed by atoms with van der Waals surface area (Å²) in [7, 11) is 0. The van der Waals surface area contributed by atoms with Crippen LogP contribution in [0, 0.1) is 5.92 Å². The number of nitrogens with two attached hydrogens (primary N) is 1. The van der Waals surface area contributed by atoms with Crippen molar-refractivity contribution in [1.29, 1.82) is 0 Å². The third-order valence-electron chi connectivity index (χ3n) is 3.49. The Morgan fingerprint density at radius 2 is 1.79 bits per heavy atom. The topological polar surface area (TPSA) is 55.1 Å². The first kappa shape index (κ1) is 15.7. The van der Waals surface area contributed by atoms with E-state index in [1.54, 1.807) is 0 Å². The zero-order chi connectivity index (χ0) is 14.4. The number of carbonyl (C=O) groups is 1. The first-order valence-corrected chi connectivity index (χ1v) is 7.14. The van der Waals surface area contributed by atoms with Crippen LogP contribution in [0.3, 0.4) is 0 Å². The largest absolute Gasteiger partial charge is 0.348 e. The van der Waals surface area contributed by atoms with Gasteiger partial charge in [-0.1, -0.05) is 52.0 Å². The normalized spacial score (nSPS) is 14.2. The molecule has 3 N–H and O–H groups in total. The molecule has 1 aromatic carbocycles. The van der Waals surface area contributed by atoms with Crippen molar-refractivity contribution in [3.8, 4) is 0 Å². The van der Waals surface area contributed by atoms with Crippen LogP contribution in [0.1, 0.15) is 51.3 Å². The SMILES string of the molecule is CCc1ccc(C(NC(=O)[C@H](N)CC)C(C)C)cc1. The van der Waals surface area contributed by atoms with E-state index < -0.39 is 6.04 Å². The van der Waals surface area contributed by atoms with Crippen LogP contribution < -0.4 is 11.1 Å². The minimum Gasteiger partial charge on any atom is -0.348 e. The van der Waals surface area contributed by atoms with E-state index in [1.165, 1.54) is 5.56 Å². The third kappa shape index (κ3) is 4.35. The number of aryl methyl sites for hydroxylation is 1. The maximum Gasteiger partial charge on any atom is 0.237 e. The molecular weight excluding hydrogens is 236 g/mol. The van der Waals surface area contributed by atoms with E-state index in [1.807, 2.05) is 6.92 Å². The fourth-order valence-corrected chi connectivity index (χ4v) is 2.04. The van der Waals surface area contributed by atoms with E-state index in [9.17, 15) is 4.79 Å². The fraction of sp³-hybridized carbons (Fsp3) is 0.562. The van der Waals surface area contributed by atoms with Crippen molar-refractivity contribution in [1.82, 2.24) is 5.32 Å². The predicted molar refractivity (Wildman–Crippen MR) is 79.8 cm³/mol. The lowest BCUT2D eigenvalue weighted by Gasteiger charge is -2.24. The van der Waals surface area contributed by atoms with Crippen LogP contribution >= 0.6 is 0 Å². The third-order valence-corrected chi connectivity index (χ3v) is 3.49. The average Bonchev–Trinajstić information content (AvgIpc) is 2.43. The zero-order valence-corrected chi connectivity index (χ0v) is 12.4. The Balaban J connectivity index is 2.84. The van der Waals surface area contributed by atoms with Gasteiger partial charge in [-0.3, -0.25) is 4.79 Å². The number of nitrogens with one attached hydrogen (secondary N) is 1. The summed E-state index contributed by atoms with van der Waals surface area (Å²) in [4.78, 5) is 11.9. The number of hydrogen-bond donors (Lipinski definition) is 2. The molecule has 0 heterocycles. The second-order valence-corrected chi connectivity index (χ2v) is 5.34. The highest BCUT2D eigenvalue weighted by molar-refractivity contribution is 5.81. The highest BCUT2D eigenvalue weighted by atomic mass is 16.2. The lowest BCUT2D eigenvalue weighted by Crippen LogP contribution is -2.43. The molecule has 1 amide bonds. The minimum atomic E-state index is -0.420. The fourth-order valence-electron chi connectivity index (χ4n) is 2.04. The molecule has 3 heteroatoms. The molecule has 0 radical (unpaired) electrons. The first-order chi connectivity index (χ1) is 8.99. The van der Waals surface area contributed by atoms with Gasteiger partial charge >= 0.3 is 0 Å². The molecule has 0 aromatic heterocycles. The van der Waals surface area contributed by atoms with E-state index >= 15 is 0 Å². The molecule has 3 nitrogen and oxygen atoms in total. The molecule has 106 valence electrons. The van der Waals surface area contributed by atoms with E-state index in [2.05, 4.69) is 50.4 Å². The summed E-state index contributed by atoms with van der Waals surface area (Å²) in [5.41, 5.74) is 8.23. The van der Waals surface area contributed by atoms with Crippen molar-refractivity contribution in [2.45, 2.75) is 52.6 Å². The van der Waals surface area contributed by atoms with Gasteiger partial charge in [-0.25, -0.2) is 0 Å². The van der Waals surface area contributed by atoms with Crippen molar-refractivity contribution in [3.05, 3.63) is 35.4 Å². The van der Waals surface area contributed by atoms with Crippen LogP contribution in [0.15, 0.2) is 24.3 Å². The Kier molecular flexibility index (Phi) is 6.03. The molecule has 0 saturated carbocycles. The van der Waals surface area contributed by atoms with Gasteiger partial charge in [0.15, 0.2) is 0 Å². The van der Waals surface area contributed by atoms with Crippen LogP contribution in [0.25, 0.3) is 0 Å². The molecule has 0 aliphatic carbocycles. The van der Waals surface area contributed by atoms with Gasteiger partial charge in [0.25, 0.3) is 0 Å². The number of hydrogen-bond acceptors (Lipinski definition) is 2. The first-order valence-electron chi connectivity index (χ1n) is 7.14. The van der Waals surface area contributed by atoms with Gasteiger partial charge in [0, 0.05) is 0 Å². The number of amides is 1. The van der Waals surface area contributed by atoms with Crippen LogP contribution in [-0.2, 0) is 11.2 Å². The molecule has 0 spiro atoms. The van der Waals surface area contributed by atoms with Crippen molar-refractivity contribution in [2.24, 2.45) is 11.7 Å². The molecule has 0 bridgehead atoms. The molecule has 1 aromatic rings. The minimum absolute atomic E-state index is 0.0241. The molecule has 1 rings (SSSR count). The summed E-state index contributed by atoms with van der Waals surface area (Å²) in [5.74, 6) is 0.265. The Labute approximate surface area is 116 Å². The second kappa shape index (κ2) is 7.29. The van der Waals surface area contributed by atoms with E-state index in [0.29, 0.717) is 12.3 Å². The second-order valence-electron chi connectivity index (χ2n) is 5.34. The molecule has 1 unspecified atom stereocenters. The molecule has 19 heavy (non-hydrogen) atoms. The van der Waals surface area contributed by atoms with E-state index in [0.717, 1.165) is 12.0 Å². The maximum atomic E-state index is 11.9. The standard InChI is InChI=1S/C16H26N2O/c1-5-12-7-9-13(10-8-12)15(11(3)4)18-16(19)14(17)6-2/h7-11,14-15H,5-6,17H2,1-4H3,(H,18,19)/t14-,15?/m1/s1. The van der Waals surface area contributed by atoms with Crippen molar-refractivity contribution in [2.75, 3.05) is 0 Å². The molecule has 0 saturated heterocycles. The lowest BCUT2D eigenvalue weighted by molar-refractivity contribution is -0.123. The highest BCUT2D eigenvalue weighted by Gasteiger charge is 2.20.